The highest BCUT2D eigenvalue weighted by Gasteiger charge is 2.05. The second-order valence-electron chi connectivity index (χ2n) is 2.70. The Morgan fingerprint density at radius 2 is 2.36 bits per heavy atom. The van der Waals surface area contributed by atoms with Crippen LogP contribution in [0.5, 0.6) is 0 Å². The molecule has 0 aromatic carbocycles. The molecule has 0 spiro atoms. The maximum absolute atomic E-state index is 5.11. The molecule has 0 fully saturated rings. The number of hydrogen-bond donors (Lipinski definition) is 1. The lowest BCUT2D eigenvalue weighted by Crippen LogP contribution is -1.92. The number of aromatic amines is 1. The number of aryl methyl sites for hydroxylation is 1. The number of nitrogens with one attached hydrogen (secondary N) is 1. The van der Waals surface area contributed by atoms with Gasteiger partial charge in [0.25, 0.3) is 0 Å². The molecule has 2 heterocycles. The highest BCUT2D eigenvalue weighted by molar-refractivity contribution is 9.10. The minimum absolute atomic E-state index is 0.574. The summed E-state index contributed by atoms with van der Waals surface area (Å²) in [6, 6.07) is 0. The van der Waals surface area contributed by atoms with Crippen molar-refractivity contribution in [2.24, 2.45) is 0 Å². The summed E-state index contributed by atoms with van der Waals surface area (Å²) >= 11 is 10.0. The van der Waals surface area contributed by atoms with Crippen molar-refractivity contribution in [1.29, 1.82) is 0 Å². The molecule has 2 aromatic heterocycles. The highest BCUT2D eigenvalue weighted by atomic mass is 79.9. The van der Waals surface area contributed by atoms with Gasteiger partial charge < -0.3 is 4.98 Å². The SMILES string of the molecule is Cc1[nH]c(-c2cncs2)nc(=S)c1Br. The van der Waals surface area contributed by atoms with Crippen LogP contribution in [-0.4, -0.2) is 15.0 Å². The summed E-state index contributed by atoms with van der Waals surface area (Å²) in [5, 5.41) is 0. The second-order valence-corrected chi connectivity index (χ2v) is 4.76. The fraction of sp³-hybridized carbons (Fsp3) is 0.125. The normalized spacial score (nSPS) is 10.4. The van der Waals surface area contributed by atoms with Gasteiger partial charge in [0, 0.05) is 11.9 Å². The first-order valence-corrected chi connectivity index (χ1v) is 5.92. The number of H-pyrrole nitrogens is 1. The van der Waals surface area contributed by atoms with E-state index in [1.165, 1.54) is 11.3 Å². The summed E-state index contributed by atoms with van der Waals surface area (Å²) in [4.78, 5) is 12.4. The third kappa shape index (κ3) is 1.77. The predicted molar refractivity (Wildman–Crippen MR) is 63.0 cm³/mol. The van der Waals surface area contributed by atoms with Crippen molar-refractivity contribution in [1.82, 2.24) is 15.0 Å². The molecule has 0 bridgehead atoms. The van der Waals surface area contributed by atoms with Gasteiger partial charge in [-0.05, 0) is 22.9 Å². The highest BCUT2D eigenvalue weighted by Crippen LogP contribution is 2.22. The van der Waals surface area contributed by atoms with Gasteiger partial charge in [-0.25, -0.2) is 4.98 Å². The molecule has 2 rings (SSSR count). The lowest BCUT2D eigenvalue weighted by molar-refractivity contribution is 1.08. The molecule has 6 heteroatoms. The second kappa shape index (κ2) is 3.88. The van der Waals surface area contributed by atoms with Gasteiger partial charge in [0.2, 0.25) is 0 Å². The van der Waals surface area contributed by atoms with Crippen LogP contribution in [0.3, 0.4) is 0 Å². The smallest absolute Gasteiger partial charge is 0.150 e. The molecule has 0 saturated carbocycles. The largest absolute Gasteiger partial charge is 0.342 e. The van der Waals surface area contributed by atoms with E-state index in [1.807, 2.05) is 6.92 Å². The zero-order valence-corrected chi connectivity index (χ0v) is 10.5. The minimum atomic E-state index is 0.574. The quantitative estimate of drug-likeness (QED) is 0.818. The van der Waals surface area contributed by atoms with Crippen LogP contribution >= 0.6 is 39.5 Å². The van der Waals surface area contributed by atoms with Crippen LogP contribution in [0.15, 0.2) is 16.2 Å². The van der Waals surface area contributed by atoms with Crippen molar-refractivity contribution in [3.8, 4) is 10.7 Å². The summed E-state index contributed by atoms with van der Waals surface area (Å²) < 4.78 is 1.42. The van der Waals surface area contributed by atoms with Crippen LogP contribution in [0.2, 0.25) is 0 Å². The van der Waals surface area contributed by atoms with E-state index in [0.29, 0.717) is 4.64 Å². The maximum Gasteiger partial charge on any atom is 0.150 e. The molecule has 1 N–H and O–H groups in total. The Hall–Kier alpha value is -0.590. The number of rotatable bonds is 1. The van der Waals surface area contributed by atoms with Crippen molar-refractivity contribution in [2.45, 2.75) is 6.92 Å². The third-order valence-electron chi connectivity index (χ3n) is 1.70. The molecule has 0 unspecified atom stereocenters. The maximum atomic E-state index is 5.11. The van der Waals surface area contributed by atoms with E-state index in [-0.39, 0.29) is 0 Å². The summed E-state index contributed by atoms with van der Waals surface area (Å²) in [5.41, 5.74) is 2.75. The van der Waals surface area contributed by atoms with Crippen molar-refractivity contribution >= 4 is 39.5 Å². The first-order valence-electron chi connectivity index (χ1n) is 3.84. The van der Waals surface area contributed by atoms with E-state index < -0.39 is 0 Å². The number of nitrogens with zero attached hydrogens (tertiary/aromatic N) is 2. The zero-order chi connectivity index (χ0) is 10.1. The van der Waals surface area contributed by atoms with E-state index in [9.17, 15) is 0 Å². The van der Waals surface area contributed by atoms with Crippen molar-refractivity contribution < 1.29 is 0 Å². The van der Waals surface area contributed by atoms with E-state index in [4.69, 9.17) is 12.2 Å². The van der Waals surface area contributed by atoms with Crippen LogP contribution in [0.4, 0.5) is 0 Å². The number of halogens is 1. The molecule has 0 atom stereocenters. The van der Waals surface area contributed by atoms with E-state index in [1.54, 1.807) is 11.7 Å². The van der Waals surface area contributed by atoms with Crippen molar-refractivity contribution in [2.75, 3.05) is 0 Å². The fourth-order valence-electron chi connectivity index (χ4n) is 1.02. The summed E-state index contributed by atoms with van der Waals surface area (Å²) in [7, 11) is 0. The molecule has 72 valence electrons. The van der Waals surface area contributed by atoms with Gasteiger partial charge in [0.15, 0.2) is 5.82 Å². The number of hydrogen-bond acceptors (Lipinski definition) is 4. The van der Waals surface area contributed by atoms with Crippen LogP contribution < -0.4 is 0 Å². The Labute approximate surface area is 98.4 Å². The molecule has 3 nitrogen and oxygen atoms in total. The molecule has 0 aliphatic carbocycles. The number of thiazole rings is 1. The van der Waals surface area contributed by atoms with E-state index in [2.05, 4.69) is 30.9 Å². The Morgan fingerprint density at radius 1 is 1.57 bits per heavy atom. The molecule has 0 saturated heterocycles. The van der Waals surface area contributed by atoms with Gasteiger partial charge in [-0.2, -0.15) is 0 Å². The summed E-state index contributed by atoms with van der Waals surface area (Å²) in [5.74, 6) is 0.776. The van der Waals surface area contributed by atoms with Crippen LogP contribution in [0.1, 0.15) is 5.69 Å². The van der Waals surface area contributed by atoms with E-state index in [0.717, 1.165) is 20.9 Å². The first-order chi connectivity index (χ1) is 6.68. The lowest BCUT2D eigenvalue weighted by atomic mass is 10.4. The summed E-state index contributed by atoms with van der Waals surface area (Å²) in [6.07, 6.45) is 1.77. The number of aromatic nitrogens is 3. The zero-order valence-electron chi connectivity index (χ0n) is 7.24. The molecule has 0 aliphatic heterocycles. The average Bonchev–Trinajstić information content (AvgIpc) is 2.66. The monoisotopic (exact) mass is 287 g/mol. The third-order valence-corrected chi connectivity index (χ3v) is 4.01. The molecular formula is C8H6BrN3S2. The Morgan fingerprint density at radius 3 is 2.93 bits per heavy atom. The Bertz CT molecular complexity index is 504. The molecule has 0 radical (unpaired) electrons. The van der Waals surface area contributed by atoms with Gasteiger partial charge >= 0.3 is 0 Å². The molecular weight excluding hydrogens is 282 g/mol. The van der Waals surface area contributed by atoms with Gasteiger partial charge in [-0.1, -0.05) is 12.2 Å². The molecule has 14 heavy (non-hydrogen) atoms. The summed E-state index contributed by atoms with van der Waals surface area (Å²) in [6.45, 7) is 1.95. The van der Waals surface area contributed by atoms with E-state index >= 15 is 0 Å². The van der Waals surface area contributed by atoms with Crippen molar-refractivity contribution in [3.63, 3.8) is 0 Å². The topological polar surface area (TPSA) is 41.6 Å². The molecule has 0 amide bonds. The Kier molecular flexibility index (Phi) is 2.76. The lowest BCUT2D eigenvalue weighted by Gasteiger charge is -2.01. The Balaban J connectivity index is 2.63. The van der Waals surface area contributed by atoms with Gasteiger partial charge in [-0.15, -0.1) is 11.3 Å². The van der Waals surface area contributed by atoms with Crippen LogP contribution in [0.25, 0.3) is 10.7 Å². The van der Waals surface area contributed by atoms with Gasteiger partial charge in [0.1, 0.15) is 4.64 Å². The standard InChI is InChI=1S/C8H6BrN3S2/c1-4-6(9)8(13)12-7(11-4)5-2-10-3-14-5/h2-3H,1H3,(H,11,12,13). The fourth-order valence-corrected chi connectivity index (χ4v) is 2.02. The first kappa shape index (κ1) is 9.95. The molecule has 2 aromatic rings. The van der Waals surface area contributed by atoms with Gasteiger partial charge in [-0.3, -0.25) is 4.98 Å². The van der Waals surface area contributed by atoms with Crippen molar-refractivity contribution in [3.05, 3.63) is 26.5 Å². The van der Waals surface area contributed by atoms with Crippen LogP contribution in [-0.2, 0) is 0 Å². The minimum Gasteiger partial charge on any atom is -0.342 e. The average molecular weight is 288 g/mol. The molecule has 0 aliphatic rings. The van der Waals surface area contributed by atoms with Crippen LogP contribution in [0, 0.1) is 11.6 Å². The van der Waals surface area contributed by atoms with Gasteiger partial charge in [0.05, 0.1) is 14.9 Å². The predicted octanol–water partition coefficient (Wildman–Crippen LogP) is 3.33.